The van der Waals surface area contributed by atoms with Crippen molar-refractivity contribution in [1.82, 2.24) is 10.4 Å². The molecule has 2 aromatic rings. The van der Waals surface area contributed by atoms with Crippen molar-refractivity contribution in [3.05, 3.63) is 59.4 Å². The summed E-state index contributed by atoms with van der Waals surface area (Å²) in [5.74, 6) is 5.74. The second-order valence-electron chi connectivity index (χ2n) is 4.82. The van der Waals surface area contributed by atoms with Gasteiger partial charge in [0, 0.05) is 32.2 Å². The molecule has 1 aromatic carbocycles. The number of hydrogen-bond acceptors (Lipinski definition) is 4. The summed E-state index contributed by atoms with van der Waals surface area (Å²) in [5.41, 5.74) is 7.44. The zero-order valence-corrected chi connectivity index (χ0v) is 11.6. The number of aromatic nitrogens is 1. The Kier molecular flexibility index (Phi) is 4.14. The highest BCUT2D eigenvalue weighted by Crippen LogP contribution is 2.26. The van der Waals surface area contributed by atoms with Crippen LogP contribution in [-0.2, 0) is 0 Å². The standard InChI is InChI=1S/C15H20N4/c1-11-7-8-17-10-14(11)15(18-16)12-5-4-6-13(9-12)19(2)3/h4-10,15,18H,16H2,1-3H3. The van der Waals surface area contributed by atoms with Crippen molar-refractivity contribution in [1.29, 1.82) is 0 Å². The molecule has 0 radical (unpaired) electrons. The largest absolute Gasteiger partial charge is 0.378 e. The smallest absolute Gasteiger partial charge is 0.0728 e. The van der Waals surface area contributed by atoms with E-state index in [0.29, 0.717) is 0 Å². The van der Waals surface area contributed by atoms with Gasteiger partial charge in [-0.3, -0.25) is 10.8 Å². The lowest BCUT2D eigenvalue weighted by Crippen LogP contribution is -2.29. The van der Waals surface area contributed by atoms with Gasteiger partial charge in [0.2, 0.25) is 0 Å². The first-order valence-electron chi connectivity index (χ1n) is 6.27. The van der Waals surface area contributed by atoms with Crippen LogP contribution in [0.15, 0.2) is 42.7 Å². The number of benzene rings is 1. The van der Waals surface area contributed by atoms with E-state index in [-0.39, 0.29) is 6.04 Å². The molecule has 0 bridgehead atoms. The van der Waals surface area contributed by atoms with E-state index in [4.69, 9.17) is 5.84 Å². The molecule has 1 atom stereocenters. The third-order valence-corrected chi connectivity index (χ3v) is 3.28. The molecule has 0 saturated heterocycles. The molecule has 0 aliphatic heterocycles. The molecule has 0 fully saturated rings. The van der Waals surface area contributed by atoms with Crippen LogP contribution in [0.4, 0.5) is 5.69 Å². The maximum Gasteiger partial charge on any atom is 0.0728 e. The summed E-state index contributed by atoms with van der Waals surface area (Å²) in [5, 5.41) is 0. The van der Waals surface area contributed by atoms with Crippen molar-refractivity contribution in [2.45, 2.75) is 13.0 Å². The van der Waals surface area contributed by atoms with Crippen LogP contribution in [0.1, 0.15) is 22.7 Å². The van der Waals surface area contributed by atoms with Crippen molar-refractivity contribution in [3.63, 3.8) is 0 Å². The van der Waals surface area contributed by atoms with Crippen molar-refractivity contribution in [3.8, 4) is 0 Å². The highest BCUT2D eigenvalue weighted by Gasteiger charge is 2.15. The van der Waals surface area contributed by atoms with Crippen LogP contribution in [0.2, 0.25) is 0 Å². The molecule has 0 spiro atoms. The van der Waals surface area contributed by atoms with Crippen LogP contribution < -0.4 is 16.2 Å². The minimum Gasteiger partial charge on any atom is -0.378 e. The number of anilines is 1. The fourth-order valence-electron chi connectivity index (χ4n) is 2.13. The Labute approximate surface area is 114 Å². The molecule has 1 heterocycles. The fraction of sp³-hybridized carbons (Fsp3) is 0.267. The third kappa shape index (κ3) is 2.92. The molecule has 1 aromatic heterocycles. The first-order valence-corrected chi connectivity index (χ1v) is 6.27. The zero-order chi connectivity index (χ0) is 13.8. The number of hydrogen-bond donors (Lipinski definition) is 2. The molecule has 0 aliphatic carbocycles. The van der Waals surface area contributed by atoms with E-state index in [1.54, 1.807) is 6.20 Å². The monoisotopic (exact) mass is 256 g/mol. The number of rotatable bonds is 4. The van der Waals surface area contributed by atoms with E-state index in [9.17, 15) is 0 Å². The van der Waals surface area contributed by atoms with Crippen LogP contribution in [-0.4, -0.2) is 19.1 Å². The first-order chi connectivity index (χ1) is 9.13. The van der Waals surface area contributed by atoms with Gasteiger partial charge < -0.3 is 4.90 Å². The summed E-state index contributed by atoms with van der Waals surface area (Å²) < 4.78 is 0. The average Bonchev–Trinajstić information content (AvgIpc) is 2.42. The van der Waals surface area contributed by atoms with Crippen LogP contribution in [0.5, 0.6) is 0 Å². The summed E-state index contributed by atoms with van der Waals surface area (Å²) in [7, 11) is 4.05. The van der Waals surface area contributed by atoms with E-state index in [1.807, 2.05) is 32.4 Å². The Bertz CT molecular complexity index is 551. The summed E-state index contributed by atoms with van der Waals surface area (Å²) in [6.07, 6.45) is 3.66. The molecule has 4 heteroatoms. The molecule has 2 rings (SSSR count). The zero-order valence-electron chi connectivity index (χ0n) is 11.6. The summed E-state index contributed by atoms with van der Waals surface area (Å²) in [4.78, 5) is 6.27. The SMILES string of the molecule is Cc1ccncc1C(NN)c1cccc(N(C)C)c1. The lowest BCUT2D eigenvalue weighted by atomic mass is 9.97. The van der Waals surface area contributed by atoms with E-state index in [1.165, 1.54) is 5.56 Å². The van der Waals surface area contributed by atoms with Gasteiger partial charge >= 0.3 is 0 Å². The van der Waals surface area contributed by atoms with Gasteiger partial charge in [-0.25, -0.2) is 5.43 Å². The van der Waals surface area contributed by atoms with Crippen LogP contribution >= 0.6 is 0 Å². The molecule has 0 saturated carbocycles. The minimum atomic E-state index is -0.0476. The predicted octanol–water partition coefficient (Wildman–Crippen LogP) is 2.01. The number of nitrogens with one attached hydrogen (secondary N) is 1. The summed E-state index contributed by atoms with van der Waals surface area (Å²) in [6, 6.07) is 10.3. The molecular formula is C15H20N4. The summed E-state index contributed by atoms with van der Waals surface area (Å²) in [6.45, 7) is 2.07. The minimum absolute atomic E-state index is 0.0476. The third-order valence-electron chi connectivity index (χ3n) is 3.28. The molecular weight excluding hydrogens is 236 g/mol. The van der Waals surface area contributed by atoms with Crippen molar-refractivity contribution >= 4 is 5.69 Å². The maximum absolute atomic E-state index is 5.74. The van der Waals surface area contributed by atoms with E-state index < -0.39 is 0 Å². The summed E-state index contributed by atoms with van der Waals surface area (Å²) >= 11 is 0. The highest BCUT2D eigenvalue weighted by atomic mass is 15.2. The van der Waals surface area contributed by atoms with Gasteiger partial charge in [0.25, 0.3) is 0 Å². The quantitative estimate of drug-likeness (QED) is 0.649. The lowest BCUT2D eigenvalue weighted by Gasteiger charge is -2.21. The van der Waals surface area contributed by atoms with Gasteiger partial charge in [-0.15, -0.1) is 0 Å². The van der Waals surface area contributed by atoms with Gasteiger partial charge in [0.1, 0.15) is 0 Å². The Hall–Kier alpha value is -1.91. The second kappa shape index (κ2) is 5.82. The molecule has 0 aliphatic rings. The second-order valence-corrected chi connectivity index (χ2v) is 4.82. The molecule has 1 unspecified atom stereocenters. The number of nitrogens with two attached hydrogens (primary N) is 1. The van der Waals surface area contributed by atoms with E-state index >= 15 is 0 Å². The normalized spacial score (nSPS) is 12.2. The van der Waals surface area contributed by atoms with Crippen LogP contribution in [0.25, 0.3) is 0 Å². The number of hydrazine groups is 1. The van der Waals surface area contributed by atoms with Gasteiger partial charge in [0.05, 0.1) is 6.04 Å². The van der Waals surface area contributed by atoms with E-state index in [2.05, 4.69) is 40.4 Å². The molecule has 19 heavy (non-hydrogen) atoms. The first kappa shape index (κ1) is 13.5. The Morgan fingerprint density at radius 2 is 2.05 bits per heavy atom. The number of aryl methyl sites for hydroxylation is 1. The average molecular weight is 256 g/mol. The predicted molar refractivity (Wildman–Crippen MR) is 78.9 cm³/mol. The van der Waals surface area contributed by atoms with Gasteiger partial charge in [-0.2, -0.15) is 0 Å². The van der Waals surface area contributed by atoms with Crippen molar-refractivity contribution in [2.24, 2.45) is 5.84 Å². The van der Waals surface area contributed by atoms with Crippen molar-refractivity contribution < 1.29 is 0 Å². The van der Waals surface area contributed by atoms with Crippen molar-refractivity contribution in [2.75, 3.05) is 19.0 Å². The topological polar surface area (TPSA) is 54.2 Å². The highest BCUT2D eigenvalue weighted by molar-refractivity contribution is 5.49. The van der Waals surface area contributed by atoms with Gasteiger partial charge in [0.15, 0.2) is 0 Å². The fourth-order valence-corrected chi connectivity index (χ4v) is 2.13. The van der Waals surface area contributed by atoms with Crippen LogP contribution in [0, 0.1) is 6.92 Å². The molecule has 100 valence electrons. The van der Waals surface area contributed by atoms with Gasteiger partial charge in [-0.1, -0.05) is 12.1 Å². The maximum atomic E-state index is 5.74. The van der Waals surface area contributed by atoms with Crippen LogP contribution in [0.3, 0.4) is 0 Å². The molecule has 0 amide bonds. The Balaban J connectivity index is 2.43. The molecule has 3 N–H and O–H groups in total. The molecule has 4 nitrogen and oxygen atoms in total. The Morgan fingerprint density at radius 1 is 1.26 bits per heavy atom. The number of nitrogens with zero attached hydrogens (tertiary/aromatic N) is 2. The Morgan fingerprint density at radius 3 is 2.68 bits per heavy atom. The number of pyridine rings is 1. The van der Waals surface area contributed by atoms with E-state index in [0.717, 1.165) is 16.8 Å². The lowest BCUT2D eigenvalue weighted by molar-refractivity contribution is 0.631. The van der Waals surface area contributed by atoms with Gasteiger partial charge in [-0.05, 0) is 41.8 Å².